The highest BCUT2D eigenvalue weighted by Gasteiger charge is 2.15. The van der Waals surface area contributed by atoms with Gasteiger partial charge in [-0.25, -0.2) is 4.52 Å². The number of benzene rings is 2. The van der Waals surface area contributed by atoms with E-state index in [0.717, 1.165) is 46.0 Å². The normalized spacial score (nSPS) is 11.3. The van der Waals surface area contributed by atoms with Gasteiger partial charge in [-0.3, -0.25) is 14.3 Å². The van der Waals surface area contributed by atoms with Crippen molar-refractivity contribution < 1.29 is 9.53 Å². The first kappa shape index (κ1) is 24.3. The summed E-state index contributed by atoms with van der Waals surface area (Å²) in [5.74, 6) is 0.493. The summed E-state index contributed by atoms with van der Waals surface area (Å²) in [4.78, 5) is 19.4. The lowest BCUT2D eigenvalue weighted by Crippen LogP contribution is -2.19. The van der Waals surface area contributed by atoms with Crippen LogP contribution < -0.4 is 10.1 Å². The number of imidazole rings is 1. The van der Waals surface area contributed by atoms with Gasteiger partial charge in [0.15, 0.2) is 0 Å². The Labute approximate surface area is 216 Å². The Hall–Kier alpha value is -4.43. The molecule has 188 valence electrons. The molecule has 0 unspecified atom stereocenters. The number of ether oxygens (including phenoxy) is 1. The molecule has 0 aliphatic heterocycles. The first-order chi connectivity index (χ1) is 17.9. The van der Waals surface area contributed by atoms with E-state index < -0.39 is 0 Å². The van der Waals surface area contributed by atoms with Crippen molar-refractivity contribution in [1.82, 2.24) is 24.1 Å². The highest BCUT2D eigenvalue weighted by molar-refractivity contribution is 6.05. The minimum atomic E-state index is -0.183. The number of nitrogens with zero attached hydrogens (tertiary/aromatic N) is 5. The molecular formula is C29H30N6O2. The molecule has 8 heteroatoms. The lowest BCUT2D eigenvalue weighted by Gasteiger charge is -2.15. The van der Waals surface area contributed by atoms with Gasteiger partial charge in [-0.2, -0.15) is 5.10 Å². The molecule has 0 atom stereocenters. The van der Waals surface area contributed by atoms with Crippen molar-refractivity contribution in [2.45, 2.75) is 13.8 Å². The number of carbonyl (C=O) groups excluding carboxylic acids is 1. The second-order valence-corrected chi connectivity index (χ2v) is 9.33. The molecular weight excluding hydrogens is 464 g/mol. The van der Waals surface area contributed by atoms with Crippen LogP contribution >= 0.6 is 0 Å². The molecule has 3 aromatic heterocycles. The van der Waals surface area contributed by atoms with Crippen molar-refractivity contribution in [3.8, 4) is 22.7 Å². The van der Waals surface area contributed by atoms with Crippen molar-refractivity contribution >= 4 is 17.2 Å². The Morgan fingerprint density at radius 2 is 1.89 bits per heavy atom. The first-order valence-corrected chi connectivity index (χ1v) is 12.2. The molecule has 37 heavy (non-hydrogen) atoms. The maximum absolute atomic E-state index is 13.2. The Bertz CT molecular complexity index is 1550. The largest absolute Gasteiger partial charge is 0.492 e. The van der Waals surface area contributed by atoms with Crippen LogP contribution in [-0.2, 0) is 0 Å². The Kier molecular flexibility index (Phi) is 6.74. The summed E-state index contributed by atoms with van der Waals surface area (Å²) in [6.07, 6.45) is 7.46. The minimum absolute atomic E-state index is 0.183. The zero-order chi connectivity index (χ0) is 25.9. The van der Waals surface area contributed by atoms with Gasteiger partial charge < -0.3 is 15.0 Å². The van der Waals surface area contributed by atoms with E-state index in [4.69, 9.17) is 9.84 Å². The molecule has 0 fully saturated rings. The van der Waals surface area contributed by atoms with E-state index in [-0.39, 0.29) is 5.91 Å². The molecule has 0 aliphatic rings. The Balaban J connectivity index is 1.41. The monoisotopic (exact) mass is 494 g/mol. The fourth-order valence-corrected chi connectivity index (χ4v) is 4.24. The summed E-state index contributed by atoms with van der Waals surface area (Å²) in [7, 11) is 3.99. The van der Waals surface area contributed by atoms with Crippen LogP contribution in [0.3, 0.4) is 0 Å². The number of carbonyl (C=O) groups is 1. The molecule has 3 heterocycles. The summed E-state index contributed by atoms with van der Waals surface area (Å²) < 4.78 is 9.73. The van der Waals surface area contributed by atoms with Crippen LogP contribution in [0.15, 0.2) is 79.4 Å². The van der Waals surface area contributed by atoms with Crippen molar-refractivity contribution in [3.63, 3.8) is 0 Å². The number of aryl methyl sites for hydroxylation is 2. The average Bonchev–Trinajstić information content (AvgIpc) is 3.48. The molecule has 1 amide bonds. The first-order valence-electron chi connectivity index (χ1n) is 12.2. The lowest BCUT2D eigenvalue weighted by molar-refractivity contribution is 0.102. The van der Waals surface area contributed by atoms with Gasteiger partial charge in [-0.1, -0.05) is 12.1 Å². The van der Waals surface area contributed by atoms with Crippen molar-refractivity contribution in [2.75, 3.05) is 32.6 Å². The maximum atomic E-state index is 13.2. The van der Waals surface area contributed by atoms with Crippen LogP contribution in [0.25, 0.3) is 22.6 Å². The number of likely N-dealkylation sites (N-methyl/N-ethyl adjacent to an activating group) is 1. The summed E-state index contributed by atoms with van der Waals surface area (Å²) in [5.41, 5.74) is 7.07. The molecule has 1 N–H and O–H groups in total. The fourth-order valence-electron chi connectivity index (χ4n) is 4.24. The van der Waals surface area contributed by atoms with Crippen molar-refractivity contribution in [1.29, 1.82) is 0 Å². The van der Waals surface area contributed by atoms with E-state index >= 15 is 0 Å². The quantitative estimate of drug-likeness (QED) is 0.329. The number of anilines is 1. The lowest BCUT2D eigenvalue weighted by atomic mass is 10.1. The Morgan fingerprint density at radius 1 is 1.03 bits per heavy atom. The molecule has 0 bridgehead atoms. The van der Waals surface area contributed by atoms with Crippen LogP contribution in [0.5, 0.6) is 5.75 Å². The molecule has 0 saturated heterocycles. The van der Waals surface area contributed by atoms with Crippen molar-refractivity contribution in [2.24, 2.45) is 0 Å². The SMILES string of the molecule is Cc1cc(C)c(-n2ccn3nc(-c4cccnc4)cc23)cc1NC(=O)c1cccc(OCCN(C)C)c1. The highest BCUT2D eigenvalue weighted by Crippen LogP contribution is 2.28. The molecule has 5 rings (SSSR count). The van der Waals surface area contributed by atoms with Crippen LogP contribution in [0.1, 0.15) is 21.5 Å². The van der Waals surface area contributed by atoms with E-state index in [1.165, 1.54) is 0 Å². The minimum Gasteiger partial charge on any atom is -0.492 e. The van der Waals surface area contributed by atoms with Gasteiger partial charge in [0, 0.05) is 54.2 Å². The third kappa shape index (κ3) is 5.24. The molecule has 5 aromatic rings. The molecule has 2 aromatic carbocycles. The van der Waals surface area contributed by atoms with Gasteiger partial charge in [0.1, 0.15) is 18.0 Å². The number of nitrogens with one attached hydrogen (secondary N) is 1. The van der Waals surface area contributed by atoms with Gasteiger partial charge in [0.25, 0.3) is 5.91 Å². The number of pyridine rings is 1. The van der Waals surface area contributed by atoms with Gasteiger partial charge in [-0.15, -0.1) is 0 Å². The third-order valence-electron chi connectivity index (χ3n) is 6.23. The van der Waals surface area contributed by atoms with E-state index in [2.05, 4.69) is 32.8 Å². The average molecular weight is 495 g/mol. The highest BCUT2D eigenvalue weighted by atomic mass is 16.5. The van der Waals surface area contributed by atoms with Crippen molar-refractivity contribution in [3.05, 3.63) is 96.1 Å². The van der Waals surface area contributed by atoms with Crippen LogP contribution in [0.2, 0.25) is 0 Å². The van der Waals surface area contributed by atoms with E-state index in [1.807, 2.05) is 74.3 Å². The van der Waals surface area contributed by atoms with Gasteiger partial charge in [0.2, 0.25) is 0 Å². The fraction of sp³-hybridized carbons (Fsp3) is 0.207. The summed E-state index contributed by atoms with van der Waals surface area (Å²) >= 11 is 0. The standard InChI is InChI=1S/C29H30N6O2/c1-20-15-21(2)27(34-11-12-35-28(34)18-26(32-35)23-8-6-10-30-19-23)17-25(20)31-29(36)22-7-5-9-24(16-22)37-14-13-33(3)4/h5-12,15-19H,13-14H2,1-4H3,(H,31,36). The molecule has 8 nitrogen and oxygen atoms in total. The molecule has 0 saturated carbocycles. The number of rotatable bonds is 8. The predicted octanol–water partition coefficient (Wildman–Crippen LogP) is 5.00. The molecule has 0 radical (unpaired) electrons. The molecule has 0 aliphatic carbocycles. The van der Waals surface area contributed by atoms with Gasteiger partial charge >= 0.3 is 0 Å². The second-order valence-electron chi connectivity index (χ2n) is 9.33. The number of aromatic nitrogens is 4. The third-order valence-corrected chi connectivity index (χ3v) is 6.23. The zero-order valence-corrected chi connectivity index (χ0v) is 21.5. The van der Waals surface area contributed by atoms with Crippen LogP contribution in [0.4, 0.5) is 5.69 Å². The Morgan fingerprint density at radius 3 is 2.68 bits per heavy atom. The summed E-state index contributed by atoms with van der Waals surface area (Å²) in [5, 5.41) is 7.79. The van der Waals surface area contributed by atoms with E-state index in [0.29, 0.717) is 17.9 Å². The topological polar surface area (TPSA) is 76.7 Å². The number of amides is 1. The van der Waals surface area contributed by atoms with E-state index in [1.54, 1.807) is 24.5 Å². The number of fused-ring (bicyclic) bond motifs is 1. The zero-order valence-electron chi connectivity index (χ0n) is 21.5. The van der Waals surface area contributed by atoms with Gasteiger partial charge in [0.05, 0.1) is 11.4 Å². The molecule has 0 spiro atoms. The summed E-state index contributed by atoms with van der Waals surface area (Å²) in [6.45, 7) is 5.42. The van der Waals surface area contributed by atoms with Crippen LogP contribution in [-0.4, -0.2) is 57.2 Å². The van der Waals surface area contributed by atoms with E-state index in [9.17, 15) is 4.79 Å². The second kappa shape index (κ2) is 10.3. The smallest absolute Gasteiger partial charge is 0.255 e. The summed E-state index contributed by atoms with van der Waals surface area (Å²) in [6, 6.07) is 17.3. The van der Waals surface area contributed by atoms with Crippen LogP contribution in [0, 0.1) is 13.8 Å². The number of hydrogen-bond donors (Lipinski definition) is 1. The van der Waals surface area contributed by atoms with Gasteiger partial charge in [-0.05, 0) is 75.5 Å². The predicted molar refractivity (Wildman–Crippen MR) is 146 cm³/mol. The number of hydrogen-bond acceptors (Lipinski definition) is 5. The maximum Gasteiger partial charge on any atom is 0.255 e.